The van der Waals surface area contributed by atoms with E-state index in [9.17, 15) is 14.4 Å². The molecule has 1 atom stereocenters. The molecule has 4 aromatic rings. The number of piperidine rings is 1. The minimum atomic E-state index is -0.371. The molecule has 10 heteroatoms. The number of carbonyl (C=O) groups excluding carboxylic acids is 3. The predicted octanol–water partition coefficient (Wildman–Crippen LogP) is 5.82. The zero-order valence-corrected chi connectivity index (χ0v) is 23.4. The van der Waals surface area contributed by atoms with Crippen LogP contribution < -0.4 is 20.3 Å². The van der Waals surface area contributed by atoms with E-state index in [-0.39, 0.29) is 23.9 Å². The number of urea groups is 1. The smallest absolute Gasteiger partial charge is 0.331 e. The number of carbonyl (C=O) groups is 3. The minimum absolute atomic E-state index is 0.209. The van der Waals surface area contributed by atoms with Crippen molar-refractivity contribution in [3.8, 4) is 23.3 Å². The lowest BCUT2D eigenvalue weighted by Gasteiger charge is -2.32. The molecular weight excluding hydrogens is 538 g/mol. The summed E-state index contributed by atoms with van der Waals surface area (Å²) in [5.41, 5.74) is 2.64. The quantitative estimate of drug-likeness (QED) is 0.297. The minimum Gasteiger partial charge on any atom is -0.457 e. The first-order valence-electron chi connectivity index (χ1n) is 13.3. The highest BCUT2D eigenvalue weighted by molar-refractivity contribution is 7.21. The number of para-hydroxylation sites is 1. The number of aromatic nitrogens is 1. The van der Waals surface area contributed by atoms with Crippen LogP contribution in [0.15, 0.2) is 60.8 Å². The molecule has 2 aliphatic heterocycles. The SMILES string of the molecule is CC#CC(=O)N1CCCC(NC(=O)c2sc3nccc4c3c2NC(=O)N4c2ccc(Oc3ccccc3)cc2C)C1. The van der Waals surface area contributed by atoms with Crippen molar-refractivity contribution in [2.75, 3.05) is 23.3 Å². The summed E-state index contributed by atoms with van der Waals surface area (Å²) in [5, 5.41) is 6.72. The number of amides is 4. The molecule has 2 N–H and O–H groups in total. The Morgan fingerprint density at radius 3 is 2.73 bits per heavy atom. The van der Waals surface area contributed by atoms with Gasteiger partial charge < -0.3 is 20.3 Å². The monoisotopic (exact) mass is 565 g/mol. The summed E-state index contributed by atoms with van der Waals surface area (Å²) in [7, 11) is 0. The van der Waals surface area contributed by atoms with E-state index < -0.39 is 0 Å². The summed E-state index contributed by atoms with van der Waals surface area (Å²) in [4.78, 5) is 48.0. The van der Waals surface area contributed by atoms with Gasteiger partial charge in [0.15, 0.2) is 0 Å². The highest BCUT2D eigenvalue weighted by Gasteiger charge is 2.34. The lowest BCUT2D eigenvalue weighted by Crippen LogP contribution is -2.49. The first kappa shape index (κ1) is 26.3. The molecule has 0 saturated carbocycles. The van der Waals surface area contributed by atoms with Gasteiger partial charge in [0.05, 0.1) is 22.4 Å². The number of hydrogen-bond acceptors (Lipinski definition) is 6. The number of anilines is 3. The first-order valence-corrected chi connectivity index (χ1v) is 14.1. The van der Waals surface area contributed by atoms with Crippen LogP contribution in [-0.4, -0.2) is 46.9 Å². The molecule has 0 spiro atoms. The maximum atomic E-state index is 13.5. The maximum absolute atomic E-state index is 13.5. The lowest BCUT2D eigenvalue weighted by molar-refractivity contribution is -0.126. The maximum Gasteiger partial charge on any atom is 0.331 e. The fourth-order valence-corrected chi connectivity index (χ4v) is 6.29. The van der Waals surface area contributed by atoms with Crippen molar-refractivity contribution in [3.05, 3.63) is 71.2 Å². The number of benzene rings is 2. The van der Waals surface area contributed by atoms with E-state index in [1.54, 1.807) is 29.0 Å². The Morgan fingerprint density at radius 1 is 1.12 bits per heavy atom. The van der Waals surface area contributed by atoms with Gasteiger partial charge in [-0.05, 0) is 74.6 Å². The summed E-state index contributed by atoms with van der Waals surface area (Å²) in [6, 6.07) is 16.3. The number of pyridine rings is 1. The molecular formula is C31H27N5O4S. The average Bonchev–Trinajstić information content (AvgIpc) is 3.34. The number of thiophene rings is 1. The highest BCUT2D eigenvalue weighted by Crippen LogP contribution is 2.46. The van der Waals surface area contributed by atoms with Crippen molar-refractivity contribution in [1.29, 1.82) is 0 Å². The van der Waals surface area contributed by atoms with Crippen LogP contribution in [0.4, 0.5) is 21.9 Å². The third kappa shape index (κ3) is 5.08. The molecule has 1 unspecified atom stereocenters. The second-order valence-electron chi connectivity index (χ2n) is 9.88. The van der Waals surface area contributed by atoms with Crippen molar-refractivity contribution in [2.45, 2.75) is 32.7 Å². The van der Waals surface area contributed by atoms with Crippen LogP contribution in [0.3, 0.4) is 0 Å². The molecule has 1 saturated heterocycles. The largest absolute Gasteiger partial charge is 0.457 e. The van der Waals surface area contributed by atoms with E-state index in [1.807, 2.05) is 55.5 Å². The fourth-order valence-electron chi connectivity index (χ4n) is 5.27. The molecule has 2 aromatic heterocycles. The van der Waals surface area contributed by atoms with Crippen LogP contribution >= 0.6 is 11.3 Å². The molecule has 4 amide bonds. The van der Waals surface area contributed by atoms with Crippen LogP contribution in [-0.2, 0) is 4.79 Å². The van der Waals surface area contributed by atoms with Gasteiger partial charge in [0, 0.05) is 25.3 Å². The molecule has 0 radical (unpaired) electrons. The molecule has 41 heavy (non-hydrogen) atoms. The molecule has 0 bridgehead atoms. The van der Waals surface area contributed by atoms with Gasteiger partial charge in [-0.3, -0.25) is 14.5 Å². The molecule has 9 nitrogen and oxygen atoms in total. The average molecular weight is 566 g/mol. The van der Waals surface area contributed by atoms with Gasteiger partial charge in [-0.25, -0.2) is 9.78 Å². The summed E-state index contributed by atoms with van der Waals surface area (Å²) < 4.78 is 5.97. The Morgan fingerprint density at radius 2 is 1.95 bits per heavy atom. The zero-order valence-electron chi connectivity index (χ0n) is 22.6. The topological polar surface area (TPSA) is 104 Å². The van der Waals surface area contributed by atoms with E-state index >= 15 is 0 Å². The lowest BCUT2D eigenvalue weighted by atomic mass is 10.1. The molecule has 0 aliphatic carbocycles. The van der Waals surface area contributed by atoms with E-state index in [2.05, 4.69) is 27.5 Å². The standard InChI is InChI=1S/C31H27N5O4S/c1-3-8-25(37)35-16-7-9-20(18-35)33-29(38)28-27-26-24(14-15-32-30(26)41-28)36(31(39)34-27)23-13-12-22(17-19(23)2)40-21-10-5-4-6-11-21/h4-6,10-15,17,20H,7,9,16,18H2,1-2H3,(H,33,38)(H,34,39). The molecule has 4 heterocycles. The van der Waals surface area contributed by atoms with E-state index in [0.29, 0.717) is 51.0 Å². The van der Waals surface area contributed by atoms with Crippen molar-refractivity contribution < 1.29 is 19.1 Å². The van der Waals surface area contributed by atoms with Gasteiger partial charge in [-0.15, -0.1) is 11.3 Å². The summed E-state index contributed by atoms with van der Waals surface area (Å²) in [5.74, 6) is 6.05. The number of nitrogens with zero attached hydrogens (tertiary/aromatic N) is 3. The van der Waals surface area contributed by atoms with Crippen molar-refractivity contribution in [3.63, 3.8) is 0 Å². The van der Waals surface area contributed by atoms with Crippen LogP contribution in [0.25, 0.3) is 10.2 Å². The molecule has 6 rings (SSSR count). The molecule has 2 aliphatic rings. The predicted molar refractivity (Wildman–Crippen MR) is 159 cm³/mol. The second-order valence-corrected chi connectivity index (χ2v) is 10.9. The van der Waals surface area contributed by atoms with E-state index in [0.717, 1.165) is 24.2 Å². The Kier molecular flexibility index (Phi) is 7.03. The third-order valence-corrected chi connectivity index (χ3v) is 8.21. The molecule has 206 valence electrons. The zero-order chi connectivity index (χ0) is 28.5. The Hall–Kier alpha value is -4.88. The van der Waals surface area contributed by atoms with Crippen LogP contribution in [0.2, 0.25) is 0 Å². The summed E-state index contributed by atoms with van der Waals surface area (Å²) in [6.45, 7) is 4.56. The number of hydrogen-bond donors (Lipinski definition) is 2. The van der Waals surface area contributed by atoms with Crippen molar-refractivity contribution >= 4 is 56.5 Å². The second kappa shape index (κ2) is 10.9. The number of likely N-dealkylation sites (tertiary alicyclic amines) is 1. The van der Waals surface area contributed by atoms with Gasteiger partial charge in [0.2, 0.25) is 0 Å². The van der Waals surface area contributed by atoms with E-state index in [4.69, 9.17) is 4.74 Å². The van der Waals surface area contributed by atoms with Gasteiger partial charge >= 0.3 is 6.03 Å². The van der Waals surface area contributed by atoms with Gasteiger partial charge in [-0.2, -0.15) is 0 Å². The summed E-state index contributed by atoms with van der Waals surface area (Å²) in [6.07, 6.45) is 3.17. The molecule has 1 fully saturated rings. The van der Waals surface area contributed by atoms with Crippen molar-refractivity contribution in [2.24, 2.45) is 0 Å². The van der Waals surface area contributed by atoms with Gasteiger partial charge in [0.25, 0.3) is 11.8 Å². The Balaban J connectivity index is 1.28. The van der Waals surface area contributed by atoms with Crippen molar-refractivity contribution in [1.82, 2.24) is 15.2 Å². The fraction of sp³-hybridized carbons (Fsp3) is 0.226. The number of nitrogens with one attached hydrogen (secondary N) is 2. The van der Waals surface area contributed by atoms with E-state index in [1.165, 1.54) is 11.3 Å². The van der Waals surface area contributed by atoms with Crippen LogP contribution in [0, 0.1) is 18.8 Å². The van der Waals surface area contributed by atoms with Gasteiger partial charge in [-0.1, -0.05) is 24.1 Å². The number of rotatable bonds is 5. The number of ether oxygens (including phenoxy) is 1. The Labute approximate surface area is 241 Å². The van der Waals surface area contributed by atoms with Gasteiger partial charge in [0.1, 0.15) is 21.2 Å². The highest BCUT2D eigenvalue weighted by atomic mass is 32.1. The normalized spacial score (nSPS) is 16.0. The third-order valence-electron chi connectivity index (χ3n) is 7.12. The summed E-state index contributed by atoms with van der Waals surface area (Å²) >= 11 is 1.23. The van der Waals surface area contributed by atoms with Crippen LogP contribution in [0.5, 0.6) is 11.5 Å². The molecule has 2 aromatic carbocycles. The Bertz CT molecular complexity index is 1740. The number of aryl methyl sites for hydroxylation is 1. The van der Waals surface area contributed by atoms with Crippen LogP contribution in [0.1, 0.15) is 35.0 Å². The first-order chi connectivity index (χ1) is 19.9.